The Labute approximate surface area is 121 Å². The van der Waals surface area contributed by atoms with Gasteiger partial charge in [-0.1, -0.05) is 13.0 Å². The Morgan fingerprint density at radius 3 is 2.79 bits per heavy atom. The number of halogens is 2. The third-order valence-electron chi connectivity index (χ3n) is 3.17. The Bertz CT molecular complexity index is 561. The molecule has 0 aliphatic carbocycles. The van der Waals surface area contributed by atoms with E-state index in [9.17, 15) is 4.39 Å². The van der Waals surface area contributed by atoms with E-state index in [2.05, 4.69) is 26.3 Å². The van der Waals surface area contributed by atoms with Crippen LogP contribution >= 0.6 is 15.9 Å². The lowest BCUT2D eigenvalue weighted by Crippen LogP contribution is -2.25. The second kappa shape index (κ2) is 5.84. The molecule has 5 heteroatoms. The van der Waals surface area contributed by atoms with Crippen LogP contribution in [-0.4, -0.2) is 16.3 Å². The smallest absolute Gasteiger partial charge is 0.123 e. The van der Waals surface area contributed by atoms with E-state index < -0.39 is 0 Å². The van der Waals surface area contributed by atoms with Crippen molar-refractivity contribution in [3.63, 3.8) is 0 Å². The van der Waals surface area contributed by atoms with Crippen LogP contribution < -0.4 is 5.32 Å². The van der Waals surface area contributed by atoms with E-state index in [0.717, 1.165) is 27.8 Å². The number of nitrogens with one attached hydrogen (secondary N) is 1. The molecule has 0 bridgehead atoms. The van der Waals surface area contributed by atoms with Gasteiger partial charge in [-0.25, -0.2) is 4.39 Å². The van der Waals surface area contributed by atoms with Gasteiger partial charge in [-0.15, -0.1) is 0 Å². The SMILES string of the molecule is CCNC(c1cc(F)ccc1C)c1c(Br)cnn1C. The van der Waals surface area contributed by atoms with Gasteiger partial charge in [0, 0.05) is 7.05 Å². The fourth-order valence-electron chi connectivity index (χ4n) is 2.23. The van der Waals surface area contributed by atoms with Crippen molar-refractivity contribution in [2.24, 2.45) is 7.05 Å². The molecular formula is C14H17BrFN3. The number of hydrogen-bond donors (Lipinski definition) is 1. The van der Waals surface area contributed by atoms with Crippen LogP contribution in [0.1, 0.15) is 29.8 Å². The summed E-state index contributed by atoms with van der Waals surface area (Å²) in [7, 11) is 1.89. The van der Waals surface area contributed by atoms with Crippen LogP contribution in [0, 0.1) is 12.7 Å². The highest BCUT2D eigenvalue weighted by Crippen LogP contribution is 2.30. The first kappa shape index (κ1) is 14.2. The van der Waals surface area contributed by atoms with Gasteiger partial charge in [-0.2, -0.15) is 5.10 Å². The summed E-state index contributed by atoms with van der Waals surface area (Å²) in [4.78, 5) is 0. The summed E-state index contributed by atoms with van der Waals surface area (Å²) < 4.78 is 16.3. The van der Waals surface area contributed by atoms with Crippen molar-refractivity contribution in [2.45, 2.75) is 19.9 Å². The summed E-state index contributed by atoms with van der Waals surface area (Å²) in [6.07, 6.45) is 1.76. The molecule has 0 radical (unpaired) electrons. The van der Waals surface area contributed by atoms with Crippen LogP contribution in [0.2, 0.25) is 0 Å². The van der Waals surface area contributed by atoms with E-state index in [4.69, 9.17) is 0 Å². The van der Waals surface area contributed by atoms with Crippen molar-refractivity contribution in [3.8, 4) is 0 Å². The normalized spacial score (nSPS) is 12.7. The molecule has 1 heterocycles. The van der Waals surface area contributed by atoms with Gasteiger partial charge in [-0.05, 0) is 52.7 Å². The molecule has 1 N–H and O–H groups in total. The van der Waals surface area contributed by atoms with Crippen molar-refractivity contribution in [1.82, 2.24) is 15.1 Å². The molecule has 0 amide bonds. The minimum atomic E-state index is -0.221. The van der Waals surface area contributed by atoms with E-state index in [0.29, 0.717) is 0 Å². The standard InChI is InChI=1S/C14H17BrFN3/c1-4-17-13(14-12(15)8-18-19(14)3)11-7-10(16)6-5-9(11)2/h5-8,13,17H,4H2,1-3H3. The molecule has 2 rings (SSSR count). The van der Waals surface area contributed by atoms with Gasteiger partial charge >= 0.3 is 0 Å². The Morgan fingerprint density at radius 2 is 2.21 bits per heavy atom. The molecule has 0 aliphatic heterocycles. The molecule has 19 heavy (non-hydrogen) atoms. The summed E-state index contributed by atoms with van der Waals surface area (Å²) in [5, 5.41) is 7.63. The van der Waals surface area contributed by atoms with E-state index in [1.807, 2.05) is 25.6 Å². The maximum Gasteiger partial charge on any atom is 0.123 e. The van der Waals surface area contributed by atoms with Crippen LogP contribution in [0.15, 0.2) is 28.9 Å². The molecule has 102 valence electrons. The molecule has 1 unspecified atom stereocenters. The lowest BCUT2D eigenvalue weighted by atomic mass is 9.98. The molecule has 0 saturated carbocycles. The monoisotopic (exact) mass is 325 g/mol. The number of rotatable bonds is 4. The lowest BCUT2D eigenvalue weighted by molar-refractivity contribution is 0.561. The van der Waals surface area contributed by atoms with E-state index >= 15 is 0 Å². The molecule has 1 aromatic heterocycles. The third-order valence-corrected chi connectivity index (χ3v) is 3.78. The largest absolute Gasteiger partial charge is 0.305 e. The summed E-state index contributed by atoms with van der Waals surface area (Å²) in [6.45, 7) is 4.81. The zero-order valence-electron chi connectivity index (χ0n) is 11.2. The molecule has 0 saturated heterocycles. The van der Waals surface area contributed by atoms with Gasteiger partial charge < -0.3 is 5.32 Å². The highest BCUT2D eigenvalue weighted by Gasteiger charge is 2.21. The van der Waals surface area contributed by atoms with Gasteiger partial charge in [0.15, 0.2) is 0 Å². The molecule has 2 aromatic rings. The maximum absolute atomic E-state index is 13.5. The van der Waals surface area contributed by atoms with Gasteiger partial charge in [0.25, 0.3) is 0 Å². The minimum Gasteiger partial charge on any atom is -0.305 e. The first-order chi connectivity index (χ1) is 9.04. The number of aromatic nitrogens is 2. The third kappa shape index (κ3) is 2.87. The van der Waals surface area contributed by atoms with Crippen molar-refractivity contribution in [2.75, 3.05) is 6.54 Å². The number of aryl methyl sites for hydroxylation is 2. The van der Waals surface area contributed by atoms with Crippen LogP contribution in [0.25, 0.3) is 0 Å². The maximum atomic E-state index is 13.5. The fourth-order valence-corrected chi connectivity index (χ4v) is 2.80. The highest BCUT2D eigenvalue weighted by atomic mass is 79.9. The molecule has 3 nitrogen and oxygen atoms in total. The average molecular weight is 326 g/mol. The van der Waals surface area contributed by atoms with Gasteiger partial charge in [-0.3, -0.25) is 4.68 Å². The molecule has 0 aliphatic rings. The van der Waals surface area contributed by atoms with E-state index in [-0.39, 0.29) is 11.9 Å². The Hall–Kier alpha value is -1.20. The number of benzene rings is 1. The quantitative estimate of drug-likeness (QED) is 0.934. The molecule has 1 aromatic carbocycles. The molecule has 0 fully saturated rings. The summed E-state index contributed by atoms with van der Waals surface area (Å²) in [6, 6.07) is 4.80. The van der Waals surface area contributed by atoms with Crippen molar-refractivity contribution >= 4 is 15.9 Å². The second-order valence-corrected chi connectivity index (χ2v) is 5.35. The Kier molecular flexibility index (Phi) is 4.37. The molecule has 1 atom stereocenters. The van der Waals surface area contributed by atoms with Crippen molar-refractivity contribution in [3.05, 3.63) is 51.5 Å². The zero-order valence-corrected chi connectivity index (χ0v) is 12.8. The molecule has 0 spiro atoms. The van der Waals surface area contributed by atoms with Crippen LogP contribution in [-0.2, 0) is 7.05 Å². The summed E-state index contributed by atoms with van der Waals surface area (Å²) >= 11 is 3.51. The van der Waals surface area contributed by atoms with Gasteiger partial charge in [0.1, 0.15) is 5.82 Å². The van der Waals surface area contributed by atoms with Crippen LogP contribution in [0.5, 0.6) is 0 Å². The zero-order chi connectivity index (χ0) is 14.0. The minimum absolute atomic E-state index is 0.0809. The van der Waals surface area contributed by atoms with Crippen molar-refractivity contribution < 1.29 is 4.39 Å². The lowest BCUT2D eigenvalue weighted by Gasteiger charge is -2.21. The first-order valence-electron chi connectivity index (χ1n) is 6.21. The fraction of sp³-hybridized carbons (Fsp3) is 0.357. The van der Waals surface area contributed by atoms with E-state index in [1.165, 1.54) is 6.07 Å². The number of nitrogens with zero attached hydrogens (tertiary/aromatic N) is 2. The van der Waals surface area contributed by atoms with E-state index in [1.54, 1.807) is 18.3 Å². The Balaban J connectivity index is 2.54. The second-order valence-electron chi connectivity index (χ2n) is 4.49. The van der Waals surface area contributed by atoms with Crippen LogP contribution in [0.3, 0.4) is 0 Å². The predicted molar refractivity (Wildman–Crippen MR) is 77.6 cm³/mol. The highest BCUT2D eigenvalue weighted by molar-refractivity contribution is 9.10. The summed E-state index contributed by atoms with van der Waals surface area (Å²) in [5.41, 5.74) is 2.99. The summed E-state index contributed by atoms with van der Waals surface area (Å²) in [5.74, 6) is -0.221. The van der Waals surface area contributed by atoms with Crippen molar-refractivity contribution in [1.29, 1.82) is 0 Å². The topological polar surface area (TPSA) is 29.9 Å². The van der Waals surface area contributed by atoms with Crippen LogP contribution in [0.4, 0.5) is 4.39 Å². The average Bonchev–Trinajstić information content (AvgIpc) is 2.70. The first-order valence-corrected chi connectivity index (χ1v) is 7.00. The Morgan fingerprint density at radius 1 is 1.47 bits per heavy atom. The van der Waals surface area contributed by atoms with Gasteiger partial charge in [0.05, 0.1) is 22.4 Å². The van der Waals surface area contributed by atoms with Gasteiger partial charge in [0.2, 0.25) is 0 Å². The predicted octanol–water partition coefficient (Wildman–Crippen LogP) is 3.33. The number of hydrogen-bond acceptors (Lipinski definition) is 2. The molecular weight excluding hydrogens is 309 g/mol.